The third-order valence-electron chi connectivity index (χ3n) is 1.09. The Balaban J connectivity index is -0.000000213. The molecule has 0 bridgehead atoms. The Hall–Kier alpha value is 0.514. The van der Waals surface area contributed by atoms with Crippen molar-refractivity contribution in [2.24, 2.45) is 0 Å². The summed E-state index contributed by atoms with van der Waals surface area (Å²) < 4.78 is 0. The van der Waals surface area contributed by atoms with Crippen molar-refractivity contribution in [1.29, 1.82) is 0 Å². The van der Waals surface area contributed by atoms with Crippen molar-refractivity contribution in [1.82, 2.24) is 0 Å². The maximum Gasteiger partial charge on any atom is 3.00 e. The molecule has 0 saturated carbocycles. The van der Waals surface area contributed by atoms with Gasteiger partial charge in [0.2, 0.25) is 0 Å². The number of halogens is 2. The molecule has 1 rings (SSSR count). The maximum atomic E-state index is 3.17. The molecule has 1 aromatic carbocycles. The number of benzene rings is 1. The fourth-order valence-corrected chi connectivity index (χ4v) is 0.731. The van der Waals surface area contributed by atoms with Crippen molar-refractivity contribution in [3.05, 3.63) is 35.4 Å². The molecule has 1 aromatic rings. The smallest absolute Gasteiger partial charge is 1.00 e. The van der Waals surface area contributed by atoms with Gasteiger partial charge < -0.3 is 24.8 Å². The number of rotatable bonds is 0. The molecule has 0 atom stereocenters. The molecule has 3 heteroatoms. The Bertz CT molecular complexity index is 172. The third kappa shape index (κ3) is 6.89. The summed E-state index contributed by atoms with van der Waals surface area (Å²) in [5.74, 6) is 0. The Kier molecular flexibility index (Phi) is 13.7. The molecule has 0 unspecified atom stereocenters. The van der Waals surface area contributed by atoms with E-state index in [0.717, 1.165) is 0 Å². The number of aryl methyl sites for hydroxylation is 2. The van der Waals surface area contributed by atoms with Gasteiger partial charge in [-0.3, -0.25) is 0 Å². The van der Waals surface area contributed by atoms with Gasteiger partial charge >= 0.3 is 21.7 Å². The SMILES string of the molecule is Cc1[c-]c(C)ccc1.[Cl-].[Cl-].[Ti+3]. The Labute approximate surface area is 95.5 Å². The molecule has 1 radical (unpaired) electrons. The van der Waals surface area contributed by atoms with Gasteiger partial charge in [0.1, 0.15) is 0 Å². The van der Waals surface area contributed by atoms with Crippen molar-refractivity contribution in [2.45, 2.75) is 13.8 Å². The van der Waals surface area contributed by atoms with Crippen LogP contribution in [-0.2, 0) is 21.7 Å². The van der Waals surface area contributed by atoms with E-state index in [0.29, 0.717) is 0 Å². The van der Waals surface area contributed by atoms with E-state index in [1.807, 2.05) is 32.0 Å². The van der Waals surface area contributed by atoms with E-state index in [1.165, 1.54) is 11.1 Å². The van der Waals surface area contributed by atoms with Crippen LogP contribution in [0.3, 0.4) is 0 Å². The van der Waals surface area contributed by atoms with Crippen LogP contribution in [0.1, 0.15) is 11.1 Å². The zero-order valence-electron chi connectivity index (χ0n) is 6.49. The molecule has 0 aromatic heterocycles. The van der Waals surface area contributed by atoms with Gasteiger partial charge in [-0.15, -0.1) is 0 Å². The monoisotopic (exact) mass is 223 g/mol. The van der Waals surface area contributed by atoms with Gasteiger partial charge in [0, 0.05) is 0 Å². The summed E-state index contributed by atoms with van der Waals surface area (Å²) in [6, 6.07) is 9.31. The molecule has 0 aliphatic heterocycles. The summed E-state index contributed by atoms with van der Waals surface area (Å²) in [4.78, 5) is 0. The fraction of sp³-hybridized carbons (Fsp3) is 0.250. The summed E-state index contributed by atoms with van der Waals surface area (Å²) in [5, 5.41) is 0. The molecule has 0 N–H and O–H groups in total. The third-order valence-corrected chi connectivity index (χ3v) is 1.09. The van der Waals surface area contributed by atoms with Crippen molar-refractivity contribution < 1.29 is 46.5 Å². The second kappa shape index (κ2) is 8.61. The van der Waals surface area contributed by atoms with Crippen molar-refractivity contribution in [3.63, 3.8) is 0 Å². The molecule has 59 valence electrons. The summed E-state index contributed by atoms with van der Waals surface area (Å²) in [5.41, 5.74) is 2.43. The van der Waals surface area contributed by atoms with Crippen molar-refractivity contribution in [2.75, 3.05) is 0 Å². The maximum absolute atomic E-state index is 3.17. The van der Waals surface area contributed by atoms with E-state index in [4.69, 9.17) is 0 Å². The van der Waals surface area contributed by atoms with Crippen LogP contribution in [0.25, 0.3) is 0 Å². The van der Waals surface area contributed by atoms with E-state index in [-0.39, 0.29) is 46.5 Å². The molecule has 11 heavy (non-hydrogen) atoms. The molecule has 0 nitrogen and oxygen atoms in total. The largest absolute Gasteiger partial charge is 3.00 e. The van der Waals surface area contributed by atoms with E-state index < -0.39 is 0 Å². The second-order valence-electron chi connectivity index (χ2n) is 2.02. The molecule has 0 amide bonds. The fourth-order valence-electron chi connectivity index (χ4n) is 0.731. The Morgan fingerprint density at radius 2 is 1.36 bits per heavy atom. The van der Waals surface area contributed by atoms with Crippen molar-refractivity contribution >= 4 is 0 Å². The first-order valence-corrected chi connectivity index (χ1v) is 2.74. The number of hydrogen-bond acceptors (Lipinski definition) is 0. The van der Waals surface area contributed by atoms with Crippen LogP contribution in [0.5, 0.6) is 0 Å². The van der Waals surface area contributed by atoms with Crippen LogP contribution in [-0.4, -0.2) is 0 Å². The number of hydrogen-bond donors (Lipinski definition) is 0. The van der Waals surface area contributed by atoms with E-state index in [9.17, 15) is 0 Å². The van der Waals surface area contributed by atoms with Crippen LogP contribution in [0, 0.1) is 19.9 Å². The summed E-state index contributed by atoms with van der Waals surface area (Å²) in [7, 11) is 0. The van der Waals surface area contributed by atoms with Crippen LogP contribution in [0.15, 0.2) is 18.2 Å². The van der Waals surface area contributed by atoms with E-state index in [1.54, 1.807) is 0 Å². The Morgan fingerprint density at radius 3 is 1.55 bits per heavy atom. The molecule has 0 spiro atoms. The molecule has 0 heterocycles. The summed E-state index contributed by atoms with van der Waals surface area (Å²) in [6.07, 6.45) is 0. The molecular weight excluding hydrogens is 215 g/mol. The minimum atomic E-state index is 0. The van der Waals surface area contributed by atoms with Gasteiger partial charge in [0.05, 0.1) is 0 Å². The van der Waals surface area contributed by atoms with Crippen LogP contribution in [0.2, 0.25) is 0 Å². The standard InChI is InChI=1S/C8H9.2ClH.Ti/c1-7-4-3-5-8(2)6-7;;;/h3-5H,1-2H3;2*1H;/q-1;;;+3/p-2. The summed E-state index contributed by atoms with van der Waals surface area (Å²) >= 11 is 0. The zero-order chi connectivity index (χ0) is 5.98. The predicted octanol–water partition coefficient (Wildman–Crippen LogP) is -3.89. The first kappa shape index (κ1) is 17.6. The quantitative estimate of drug-likeness (QED) is 0.312. The van der Waals surface area contributed by atoms with Crippen LogP contribution >= 0.6 is 0 Å². The molecule has 0 aliphatic carbocycles. The first-order chi connectivity index (χ1) is 3.79. The van der Waals surface area contributed by atoms with Gasteiger partial charge in [-0.1, -0.05) is 13.8 Å². The second-order valence-corrected chi connectivity index (χ2v) is 2.02. The minimum Gasteiger partial charge on any atom is -1.00 e. The normalized spacial score (nSPS) is 6.73. The predicted molar refractivity (Wildman–Crippen MR) is 34.8 cm³/mol. The van der Waals surface area contributed by atoms with E-state index >= 15 is 0 Å². The van der Waals surface area contributed by atoms with Crippen LogP contribution in [0.4, 0.5) is 0 Å². The van der Waals surface area contributed by atoms with Crippen LogP contribution < -0.4 is 24.8 Å². The molecule has 0 aliphatic rings. The van der Waals surface area contributed by atoms with Gasteiger partial charge in [0.25, 0.3) is 0 Å². The molecule has 0 saturated heterocycles. The zero-order valence-corrected chi connectivity index (χ0v) is 9.56. The topological polar surface area (TPSA) is 0 Å². The molecule has 0 fully saturated rings. The first-order valence-electron chi connectivity index (χ1n) is 2.74. The average Bonchev–Trinajstić information content (AvgIpc) is 1.64. The Morgan fingerprint density at radius 1 is 1.00 bits per heavy atom. The van der Waals surface area contributed by atoms with Gasteiger partial charge in [-0.05, 0) is 0 Å². The average molecular weight is 224 g/mol. The van der Waals surface area contributed by atoms with Gasteiger partial charge in [-0.2, -0.15) is 35.4 Å². The van der Waals surface area contributed by atoms with E-state index in [2.05, 4.69) is 6.07 Å². The molecular formula is C8H9Cl2Ti. The minimum absolute atomic E-state index is 0. The van der Waals surface area contributed by atoms with Crippen molar-refractivity contribution in [3.8, 4) is 0 Å². The van der Waals surface area contributed by atoms with Gasteiger partial charge in [-0.25, -0.2) is 0 Å². The van der Waals surface area contributed by atoms with Gasteiger partial charge in [0.15, 0.2) is 0 Å². The summed E-state index contributed by atoms with van der Waals surface area (Å²) in [6.45, 7) is 4.10.